The summed E-state index contributed by atoms with van der Waals surface area (Å²) < 4.78 is 5.16. The van der Waals surface area contributed by atoms with Gasteiger partial charge in [0.1, 0.15) is 5.60 Å². The van der Waals surface area contributed by atoms with Crippen LogP contribution in [0, 0.1) is 0 Å². The molecule has 6 nitrogen and oxygen atoms in total. The first-order chi connectivity index (χ1) is 9.10. The zero-order valence-corrected chi connectivity index (χ0v) is 13.2. The highest BCUT2D eigenvalue weighted by Crippen LogP contribution is 2.07. The van der Waals surface area contributed by atoms with E-state index in [1.165, 1.54) is 0 Å². The summed E-state index contributed by atoms with van der Waals surface area (Å²) in [6.45, 7) is 10.1. The molecule has 2 unspecified atom stereocenters. The van der Waals surface area contributed by atoms with Crippen molar-refractivity contribution in [2.75, 3.05) is 6.54 Å². The lowest BCUT2D eigenvalue weighted by Crippen LogP contribution is -2.39. The van der Waals surface area contributed by atoms with Gasteiger partial charge in [-0.1, -0.05) is 0 Å². The molecular weight excluding hydrogens is 260 g/mol. The van der Waals surface area contributed by atoms with E-state index in [1.54, 1.807) is 0 Å². The Hall–Kier alpha value is -1.30. The molecule has 118 valence electrons. The lowest BCUT2D eigenvalue weighted by Gasteiger charge is -2.22. The Bertz CT molecular complexity index is 313. The van der Waals surface area contributed by atoms with E-state index in [-0.39, 0.29) is 18.5 Å². The van der Waals surface area contributed by atoms with Gasteiger partial charge in [0.25, 0.3) is 0 Å². The molecule has 0 aromatic rings. The molecule has 0 aromatic carbocycles. The number of carboxylic acids is 1. The van der Waals surface area contributed by atoms with E-state index in [2.05, 4.69) is 10.6 Å². The molecule has 0 radical (unpaired) electrons. The predicted octanol–water partition coefficient (Wildman–Crippen LogP) is 2.13. The monoisotopic (exact) mass is 288 g/mol. The van der Waals surface area contributed by atoms with Gasteiger partial charge >= 0.3 is 12.1 Å². The third-order valence-electron chi connectivity index (χ3n) is 2.62. The molecule has 2 atom stereocenters. The quantitative estimate of drug-likeness (QED) is 0.637. The average molecular weight is 288 g/mol. The number of hydrogen-bond donors (Lipinski definition) is 3. The van der Waals surface area contributed by atoms with Crippen LogP contribution >= 0.6 is 0 Å². The van der Waals surface area contributed by atoms with Crippen molar-refractivity contribution >= 4 is 12.1 Å². The van der Waals surface area contributed by atoms with Crippen LogP contribution in [0.5, 0.6) is 0 Å². The van der Waals surface area contributed by atoms with Gasteiger partial charge in [-0.25, -0.2) is 4.79 Å². The van der Waals surface area contributed by atoms with E-state index >= 15 is 0 Å². The van der Waals surface area contributed by atoms with Crippen LogP contribution in [-0.4, -0.2) is 41.4 Å². The molecule has 0 saturated heterocycles. The molecule has 0 aliphatic heterocycles. The minimum absolute atomic E-state index is 0.00373. The maximum Gasteiger partial charge on any atom is 0.407 e. The summed E-state index contributed by atoms with van der Waals surface area (Å²) in [6, 6.07) is 0.156. The molecule has 0 aliphatic carbocycles. The van der Waals surface area contributed by atoms with Crippen molar-refractivity contribution in [3.05, 3.63) is 0 Å². The van der Waals surface area contributed by atoms with Crippen LogP contribution in [0.4, 0.5) is 4.79 Å². The summed E-state index contributed by atoms with van der Waals surface area (Å²) in [4.78, 5) is 22.0. The number of alkyl carbamates (subject to hydrolysis) is 1. The van der Waals surface area contributed by atoms with Crippen molar-refractivity contribution in [2.24, 2.45) is 0 Å². The molecule has 0 aliphatic rings. The lowest BCUT2D eigenvalue weighted by atomic mass is 10.1. The Balaban J connectivity index is 3.75. The molecule has 3 N–H and O–H groups in total. The van der Waals surface area contributed by atoms with Crippen LogP contribution in [0.25, 0.3) is 0 Å². The van der Waals surface area contributed by atoms with E-state index in [0.717, 1.165) is 13.0 Å². The maximum absolute atomic E-state index is 11.5. The van der Waals surface area contributed by atoms with Crippen LogP contribution in [0.2, 0.25) is 0 Å². The van der Waals surface area contributed by atoms with Gasteiger partial charge in [-0.3, -0.25) is 4.79 Å². The minimum Gasteiger partial charge on any atom is -0.481 e. The van der Waals surface area contributed by atoms with Crippen LogP contribution < -0.4 is 10.6 Å². The number of carboxylic acid groups (broad SMARTS) is 1. The summed E-state index contributed by atoms with van der Waals surface area (Å²) in [6.07, 6.45) is 1.11. The maximum atomic E-state index is 11.5. The van der Waals surface area contributed by atoms with Gasteiger partial charge in [-0.05, 0) is 54.0 Å². The molecule has 6 heteroatoms. The highest BCUT2D eigenvalue weighted by molar-refractivity contribution is 5.68. The summed E-state index contributed by atoms with van der Waals surface area (Å²) in [7, 11) is 0. The molecular formula is C14H28N2O4. The highest BCUT2D eigenvalue weighted by atomic mass is 16.6. The SMILES string of the molecule is CC(CCC(=O)O)NCCC(C)NC(=O)OC(C)(C)C. The van der Waals surface area contributed by atoms with Crippen LogP contribution in [-0.2, 0) is 9.53 Å². The third kappa shape index (κ3) is 11.8. The Kier molecular flexibility index (Phi) is 8.22. The second-order valence-electron chi connectivity index (χ2n) is 6.12. The number of nitrogens with one attached hydrogen (secondary N) is 2. The number of hydrogen-bond acceptors (Lipinski definition) is 4. The van der Waals surface area contributed by atoms with Gasteiger partial charge in [-0.2, -0.15) is 0 Å². The molecule has 1 amide bonds. The van der Waals surface area contributed by atoms with Crippen molar-refractivity contribution in [1.29, 1.82) is 0 Å². The Morgan fingerprint density at radius 1 is 1.15 bits per heavy atom. The summed E-state index contributed by atoms with van der Waals surface area (Å²) in [5, 5.41) is 14.6. The van der Waals surface area contributed by atoms with Crippen molar-refractivity contribution in [3.63, 3.8) is 0 Å². The Morgan fingerprint density at radius 2 is 1.75 bits per heavy atom. The molecule has 0 fully saturated rings. The molecule has 0 rings (SSSR count). The van der Waals surface area contributed by atoms with E-state index in [4.69, 9.17) is 9.84 Å². The van der Waals surface area contributed by atoms with E-state index in [0.29, 0.717) is 6.42 Å². The topological polar surface area (TPSA) is 87.7 Å². The van der Waals surface area contributed by atoms with Crippen LogP contribution in [0.15, 0.2) is 0 Å². The van der Waals surface area contributed by atoms with Gasteiger partial charge in [0.15, 0.2) is 0 Å². The molecule has 0 bridgehead atoms. The number of ether oxygens (including phenoxy) is 1. The zero-order chi connectivity index (χ0) is 15.8. The minimum atomic E-state index is -0.779. The van der Waals surface area contributed by atoms with Crippen LogP contribution in [0.1, 0.15) is 53.9 Å². The summed E-state index contributed by atoms with van der Waals surface area (Å²) in [5.41, 5.74) is -0.493. The first-order valence-electron chi connectivity index (χ1n) is 7.05. The number of carbonyl (C=O) groups is 2. The number of amides is 1. The molecule has 0 spiro atoms. The predicted molar refractivity (Wildman–Crippen MR) is 77.8 cm³/mol. The van der Waals surface area contributed by atoms with Crippen molar-refractivity contribution in [2.45, 2.75) is 71.6 Å². The highest BCUT2D eigenvalue weighted by Gasteiger charge is 2.17. The van der Waals surface area contributed by atoms with Crippen LogP contribution in [0.3, 0.4) is 0 Å². The zero-order valence-electron chi connectivity index (χ0n) is 13.2. The van der Waals surface area contributed by atoms with Gasteiger partial charge in [0.2, 0.25) is 0 Å². The van der Waals surface area contributed by atoms with Gasteiger partial charge in [0.05, 0.1) is 0 Å². The normalized spacial score (nSPS) is 14.4. The summed E-state index contributed by atoms with van der Waals surface area (Å²) >= 11 is 0. The van der Waals surface area contributed by atoms with Gasteiger partial charge < -0.3 is 20.5 Å². The molecule has 0 saturated carbocycles. The van der Waals surface area contributed by atoms with E-state index in [1.807, 2.05) is 34.6 Å². The van der Waals surface area contributed by atoms with Crippen molar-refractivity contribution < 1.29 is 19.4 Å². The fraction of sp³-hybridized carbons (Fsp3) is 0.857. The lowest BCUT2D eigenvalue weighted by molar-refractivity contribution is -0.137. The van der Waals surface area contributed by atoms with E-state index in [9.17, 15) is 9.59 Å². The average Bonchev–Trinajstić information content (AvgIpc) is 2.23. The number of rotatable bonds is 8. The number of carbonyl (C=O) groups excluding carboxylic acids is 1. The van der Waals surface area contributed by atoms with Crippen molar-refractivity contribution in [1.82, 2.24) is 10.6 Å². The molecule has 20 heavy (non-hydrogen) atoms. The standard InChI is InChI=1S/C14H28N2O4/c1-10(6-7-12(17)18)15-9-8-11(2)16-13(19)20-14(3,4)5/h10-11,15H,6-9H2,1-5H3,(H,16,19)(H,17,18). The number of aliphatic carboxylic acids is 1. The largest absolute Gasteiger partial charge is 0.481 e. The first-order valence-corrected chi connectivity index (χ1v) is 7.05. The van der Waals surface area contributed by atoms with E-state index < -0.39 is 17.7 Å². The second-order valence-corrected chi connectivity index (χ2v) is 6.12. The Morgan fingerprint density at radius 3 is 2.25 bits per heavy atom. The molecule has 0 heterocycles. The smallest absolute Gasteiger partial charge is 0.407 e. The van der Waals surface area contributed by atoms with Crippen molar-refractivity contribution in [3.8, 4) is 0 Å². The first kappa shape index (κ1) is 18.7. The van der Waals surface area contributed by atoms with Gasteiger partial charge in [0, 0.05) is 18.5 Å². The fourth-order valence-corrected chi connectivity index (χ4v) is 1.57. The second kappa shape index (κ2) is 8.79. The fourth-order valence-electron chi connectivity index (χ4n) is 1.57. The summed E-state index contributed by atoms with van der Waals surface area (Å²) in [5.74, 6) is -0.779. The molecule has 0 aromatic heterocycles. The van der Waals surface area contributed by atoms with Gasteiger partial charge in [-0.15, -0.1) is 0 Å². The third-order valence-corrected chi connectivity index (χ3v) is 2.62. The Labute approximate surface area is 121 Å².